The van der Waals surface area contributed by atoms with Crippen molar-refractivity contribution >= 4 is 18.0 Å². The average molecular weight is 357 g/mol. The number of allylic oxidation sites excluding steroid dienone is 1. The number of hydrogen-bond donors (Lipinski definition) is 0. The van der Waals surface area contributed by atoms with Gasteiger partial charge >= 0.3 is 5.97 Å². The maximum atomic E-state index is 12.8. The van der Waals surface area contributed by atoms with E-state index < -0.39 is 5.97 Å². The quantitative estimate of drug-likeness (QED) is 0.406. The Labute approximate surface area is 153 Å². The van der Waals surface area contributed by atoms with E-state index in [1.54, 1.807) is 32.3 Å². The Morgan fingerprint density at radius 3 is 2.73 bits per heavy atom. The molecule has 1 aromatic carbocycles. The van der Waals surface area contributed by atoms with Crippen LogP contribution in [0.2, 0.25) is 0 Å². The smallest absolute Gasteiger partial charge is 0.340 e. The van der Waals surface area contributed by atoms with Gasteiger partial charge in [0.25, 0.3) is 5.91 Å². The Balaban J connectivity index is 2.41. The molecule has 138 valence electrons. The second-order valence-corrected chi connectivity index (χ2v) is 5.63. The summed E-state index contributed by atoms with van der Waals surface area (Å²) in [6.07, 6.45) is 3.33. The molecule has 1 aromatic rings. The van der Waals surface area contributed by atoms with Gasteiger partial charge in [-0.2, -0.15) is 0 Å². The van der Waals surface area contributed by atoms with Crippen molar-refractivity contribution in [3.05, 3.63) is 59.3 Å². The van der Waals surface area contributed by atoms with E-state index in [1.165, 1.54) is 12.0 Å². The van der Waals surface area contributed by atoms with E-state index in [2.05, 4.69) is 6.58 Å². The van der Waals surface area contributed by atoms with E-state index in [0.29, 0.717) is 36.8 Å². The van der Waals surface area contributed by atoms with E-state index in [-0.39, 0.29) is 11.5 Å². The van der Waals surface area contributed by atoms with E-state index in [1.807, 2.05) is 18.2 Å². The van der Waals surface area contributed by atoms with Gasteiger partial charge in [0, 0.05) is 19.4 Å². The summed E-state index contributed by atoms with van der Waals surface area (Å²) in [5, 5.41) is 0. The number of rotatable bonds is 8. The zero-order valence-corrected chi connectivity index (χ0v) is 15.3. The number of esters is 1. The van der Waals surface area contributed by atoms with E-state index in [4.69, 9.17) is 14.2 Å². The van der Waals surface area contributed by atoms with Crippen LogP contribution in [0, 0.1) is 0 Å². The first kappa shape index (κ1) is 19.5. The number of methoxy groups -OCH3 is 2. The van der Waals surface area contributed by atoms with Crippen molar-refractivity contribution in [2.24, 2.45) is 0 Å². The Morgan fingerprint density at radius 1 is 1.31 bits per heavy atom. The Bertz CT molecular complexity index is 763. The predicted molar refractivity (Wildman–Crippen MR) is 98.4 cm³/mol. The first-order chi connectivity index (χ1) is 12.5. The molecule has 0 aliphatic carbocycles. The van der Waals surface area contributed by atoms with Crippen LogP contribution in [0.15, 0.2) is 53.8 Å². The summed E-state index contributed by atoms with van der Waals surface area (Å²) in [5.74, 6) is -0.139. The summed E-state index contributed by atoms with van der Waals surface area (Å²) in [5.41, 5.74) is 1.87. The minimum absolute atomic E-state index is 0.252. The SMILES string of the molecule is C=CCOc1cccc(/C=C2\C(=O)N(CCOC)C(C)=C2C(=O)OC)c1. The van der Waals surface area contributed by atoms with Crippen LogP contribution in [0.25, 0.3) is 6.08 Å². The molecule has 0 N–H and O–H groups in total. The molecular weight excluding hydrogens is 334 g/mol. The summed E-state index contributed by atoms with van der Waals surface area (Å²) in [7, 11) is 2.86. The van der Waals surface area contributed by atoms with Crippen LogP contribution >= 0.6 is 0 Å². The van der Waals surface area contributed by atoms with Gasteiger partial charge in [-0.15, -0.1) is 0 Å². The highest BCUT2D eigenvalue weighted by atomic mass is 16.5. The Kier molecular flexibility index (Phi) is 6.74. The summed E-state index contributed by atoms with van der Waals surface area (Å²) in [6.45, 7) is 6.46. The Hall–Kier alpha value is -2.86. The summed E-state index contributed by atoms with van der Waals surface area (Å²) in [6, 6.07) is 7.27. The number of nitrogens with zero attached hydrogens (tertiary/aromatic N) is 1. The van der Waals surface area contributed by atoms with Gasteiger partial charge in [-0.1, -0.05) is 24.8 Å². The van der Waals surface area contributed by atoms with Gasteiger partial charge in [0.15, 0.2) is 0 Å². The van der Waals surface area contributed by atoms with Crippen LogP contribution in [0.1, 0.15) is 12.5 Å². The molecular formula is C20H23NO5. The zero-order chi connectivity index (χ0) is 19.1. The van der Waals surface area contributed by atoms with Crippen molar-refractivity contribution in [1.29, 1.82) is 0 Å². The molecule has 1 aliphatic rings. The highest BCUT2D eigenvalue weighted by Crippen LogP contribution is 2.31. The molecule has 0 atom stereocenters. The number of carbonyl (C=O) groups excluding carboxylic acids is 2. The number of amides is 1. The third-order valence-electron chi connectivity index (χ3n) is 3.96. The highest BCUT2D eigenvalue weighted by Gasteiger charge is 2.36. The largest absolute Gasteiger partial charge is 0.490 e. The second kappa shape index (κ2) is 9.01. The molecule has 1 aliphatic heterocycles. The number of hydrogen-bond acceptors (Lipinski definition) is 5. The molecule has 0 radical (unpaired) electrons. The van der Waals surface area contributed by atoms with Crippen LogP contribution in [-0.2, 0) is 19.1 Å². The first-order valence-corrected chi connectivity index (χ1v) is 8.19. The van der Waals surface area contributed by atoms with Crippen LogP contribution in [0.4, 0.5) is 0 Å². The van der Waals surface area contributed by atoms with Crippen molar-refractivity contribution in [1.82, 2.24) is 4.90 Å². The van der Waals surface area contributed by atoms with Crippen LogP contribution in [0.5, 0.6) is 5.75 Å². The average Bonchev–Trinajstić information content (AvgIpc) is 2.88. The van der Waals surface area contributed by atoms with Gasteiger partial charge in [0.2, 0.25) is 0 Å². The van der Waals surface area contributed by atoms with E-state index in [0.717, 1.165) is 5.56 Å². The third-order valence-corrected chi connectivity index (χ3v) is 3.96. The van der Waals surface area contributed by atoms with Gasteiger partial charge in [-0.25, -0.2) is 4.79 Å². The topological polar surface area (TPSA) is 65.1 Å². The molecule has 0 unspecified atom stereocenters. The molecule has 0 saturated carbocycles. The number of ether oxygens (including phenoxy) is 3. The molecule has 0 aromatic heterocycles. The lowest BCUT2D eigenvalue weighted by Crippen LogP contribution is -2.28. The molecule has 26 heavy (non-hydrogen) atoms. The van der Waals surface area contributed by atoms with Crippen LogP contribution in [0.3, 0.4) is 0 Å². The predicted octanol–water partition coefficient (Wildman–Crippen LogP) is 2.57. The third kappa shape index (κ3) is 4.21. The van der Waals surface area contributed by atoms with Gasteiger partial charge in [0.05, 0.1) is 24.9 Å². The monoisotopic (exact) mass is 357 g/mol. The highest BCUT2D eigenvalue weighted by molar-refractivity contribution is 6.16. The summed E-state index contributed by atoms with van der Waals surface area (Å²) >= 11 is 0. The molecule has 2 rings (SSSR count). The molecule has 1 heterocycles. The van der Waals surface area contributed by atoms with Crippen molar-refractivity contribution in [2.75, 3.05) is 34.0 Å². The number of carbonyl (C=O) groups is 2. The standard InChI is InChI=1S/C20H23NO5/c1-5-10-26-16-8-6-7-15(12-16)13-17-18(20(23)25-4)14(2)21(19(17)22)9-11-24-3/h5-8,12-13H,1,9-11H2,2-4H3/b17-13-. The van der Waals surface area contributed by atoms with Crippen molar-refractivity contribution in [3.8, 4) is 5.75 Å². The van der Waals surface area contributed by atoms with Crippen molar-refractivity contribution in [2.45, 2.75) is 6.92 Å². The maximum Gasteiger partial charge on any atom is 0.340 e. The minimum Gasteiger partial charge on any atom is -0.490 e. The van der Waals surface area contributed by atoms with Crippen LogP contribution in [-0.4, -0.2) is 50.8 Å². The second-order valence-electron chi connectivity index (χ2n) is 5.63. The summed E-state index contributed by atoms with van der Waals surface area (Å²) in [4.78, 5) is 26.6. The van der Waals surface area contributed by atoms with Gasteiger partial charge in [-0.05, 0) is 30.7 Å². The fraction of sp³-hybridized carbons (Fsp3) is 0.300. The fourth-order valence-electron chi connectivity index (χ4n) is 2.70. The molecule has 6 heteroatoms. The lowest BCUT2D eigenvalue weighted by molar-refractivity contribution is -0.136. The summed E-state index contributed by atoms with van der Waals surface area (Å²) < 4.78 is 15.4. The van der Waals surface area contributed by atoms with E-state index in [9.17, 15) is 9.59 Å². The van der Waals surface area contributed by atoms with Crippen molar-refractivity contribution < 1.29 is 23.8 Å². The Morgan fingerprint density at radius 2 is 2.08 bits per heavy atom. The lowest BCUT2D eigenvalue weighted by atomic mass is 10.0. The minimum atomic E-state index is -0.541. The molecule has 0 saturated heterocycles. The van der Waals surface area contributed by atoms with Gasteiger partial charge in [-0.3, -0.25) is 4.79 Å². The zero-order valence-electron chi connectivity index (χ0n) is 15.3. The molecule has 1 amide bonds. The fourth-order valence-corrected chi connectivity index (χ4v) is 2.70. The lowest BCUT2D eigenvalue weighted by Gasteiger charge is -2.16. The van der Waals surface area contributed by atoms with Crippen LogP contribution < -0.4 is 4.74 Å². The molecule has 0 spiro atoms. The first-order valence-electron chi connectivity index (χ1n) is 8.19. The van der Waals surface area contributed by atoms with Gasteiger partial charge in [0.1, 0.15) is 12.4 Å². The number of benzene rings is 1. The van der Waals surface area contributed by atoms with Gasteiger partial charge < -0.3 is 19.1 Å². The molecule has 0 fully saturated rings. The molecule has 0 bridgehead atoms. The maximum absolute atomic E-state index is 12.8. The molecule has 6 nitrogen and oxygen atoms in total. The van der Waals surface area contributed by atoms with E-state index >= 15 is 0 Å². The van der Waals surface area contributed by atoms with Crippen molar-refractivity contribution in [3.63, 3.8) is 0 Å². The normalized spacial score (nSPS) is 15.6.